The first-order valence-corrected chi connectivity index (χ1v) is 7.38. The van der Waals surface area contributed by atoms with Crippen LogP contribution in [0.25, 0.3) is 0 Å². The molecule has 120 valence electrons. The second-order valence-corrected chi connectivity index (χ2v) is 5.44. The fourth-order valence-electron chi connectivity index (χ4n) is 1.61. The Hall–Kier alpha value is -2.48. The van der Waals surface area contributed by atoms with E-state index in [0.717, 1.165) is 0 Å². The number of amides is 2. The van der Waals surface area contributed by atoms with Crippen molar-refractivity contribution in [1.82, 2.24) is 15.8 Å². The van der Waals surface area contributed by atoms with Gasteiger partial charge < -0.3 is 4.74 Å². The maximum absolute atomic E-state index is 13.4. The van der Waals surface area contributed by atoms with E-state index in [0.29, 0.717) is 4.47 Å². The Kier molecular flexibility index (Phi) is 5.64. The predicted molar refractivity (Wildman–Crippen MR) is 84.0 cm³/mol. The molecule has 2 aromatic rings. The Balaban J connectivity index is 1.89. The van der Waals surface area contributed by atoms with E-state index in [-0.39, 0.29) is 11.3 Å². The van der Waals surface area contributed by atoms with Gasteiger partial charge in [-0.15, -0.1) is 0 Å². The number of carbonyl (C=O) groups is 2. The molecule has 1 aromatic heterocycles. The second kappa shape index (κ2) is 7.68. The minimum Gasteiger partial charge on any atom is -0.478 e. The molecule has 0 spiro atoms. The van der Waals surface area contributed by atoms with Crippen LogP contribution in [0.3, 0.4) is 0 Å². The van der Waals surface area contributed by atoms with Gasteiger partial charge in [0.15, 0.2) is 17.7 Å². The smallest absolute Gasteiger partial charge is 0.279 e. The molecule has 0 saturated heterocycles. The summed E-state index contributed by atoms with van der Waals surface area (Å²) in [7, 11) is 0. The van der Waals surface area contributed by atoms with E-state index in [2.05, 4.69) is 31.8 Å². The molecule has 2 rings (SSSR count). The molecule has 0 unspecified atom stereocenters. The van der Waals surface area contributed by atoms with Gasteiger partial charge in [-0.3, -0.25) is 25.4 Å². The van der Waals surface area contributed by atoms with Crippen molar-refractivity contribution < 1.29 is 18.7 Å². The van der Waals surface area contributed by atoms with Crippen molar-refractivity contribution in [1.29, 1.82) is 0 Å². The number of aromatic nitrogens is 1. The number of rotatable bonds is 4. The summed E-state index contributed by atoms with van der Waals surface area (Å²) in [6.07, 6.45) is 1.89. The van der Waals surface area contributed by atoms with Crippen molar-refractivity contribution in [2.75, 3.05) is 0 Å². The highest BCUT2D eigenvalue weighted by Crippen LogP contribution is 2.16. The Bertz CT molecular complexity index is 727. The number of nitrogens with one attached hydrogen (secondary N) is 2. The van der Waals surface area contributed by atoms with Crippen LogP contribution in [0.15, 0.2) is 47.2 Å². The molecule has 0 aliphatic carbocycles. The summed E-state index contributed by atoms with van der Waals surface area (Å²) in [6.45, 7) is 1.44. The number of hydrogen-bond acceptors (Lipinski definition) is 4. The van der Waals surface area contributed by atoms with Gasteiger partial charge in [0.25, 0.3) is 11.8 Å². The summed E-state index contributed by atoms with van der Waals surface area (Å²) in [4.78, 5) is 27.6. The minimum atomic E-state index is -0.993. The molecule has 8 heteroatoms. The van der Waals surface area contributed by atoms with Crippen LogP contribution >= 0.6 is 15.9 Å². The standard InChI is InChI=1S/C15H13BrFN3O3/c1-9(23-13-5-3-2-4-12(13)17)14(21)19-20-15(22)10-6-11(16)8-18-7-10/h2-9H,1H3,(H,19,21)(H,20,22)/t9-/m1/s1. The lowest BCUT2D eigenvalue weighted by molar-refractivity contribution is -0.128. The number of pyridine rings is 1. The largest absolute Gasteiger partial charge is 0.478 e. The van der Waals surface area contributed by atoms with E-state index in [4.69, 9.17) is 4.74 Å². The molecule has 1 atom stereocenters. The quantitative estimate of drug-likeness (QED) is 0.795. The molecule has 0 radical (unpaired) electrons. The summed E-state index contributed by atoms with van der Waals surface area (Å²) in [5.41, 5.74) is 4.71. The second-order valence-electron chi connectivity index (χ2n) is 4.53. The first-order valence-electron chi connectivity index (χ1n) is 6.59. The van der Waals surface area contributed by atoms with Gasteiger partial charge in [-0.2, -0.15) is 0 Å². The van der Waals surface area contributed by atoms with Crippen LogP contribution in [0.1, 0.15) is 17.3 Å². The summed E-state index contributed by atoms with van der Waals surface area (Å²) in [5, 5.41) is 0. The third-order valence-electron chi connectivity index (χ3n) is 2.78. The van der Waals surface area contributed by atoms with Gasteiger partial charge in [0.05, 0.1) is 5.56 Å². The molecule has 0 fully saturated rings. The van der Waals surface area contributed by atoms with Crippen LogP contribution in [-0.4, -0.2) is 22.9 Å². The fourth-order valence-corrected chi connectivity index (χ4v) is 1.98. The van der Waals surface area contributed by atoms with E-state index >= 15 is 0 Å². The molecule has 2 amide bonds. The average molecular weight is 382 g/mol. The van der Waals surface area contributed by atoms with Crippen LogP contribution < -0.4 is 15.6 Å². The summed E-state index contributed by atoms with van der Waals surface area (Å²) < 4.78 is 19.3. The monoisotopic (exact) mass is 381 g/mol. The lowest BCUT2D eigenvalue weighted by atomic mass is 10.3. The van der Waals surface area contributed by atoms with Gasteiger partial charge >= 0.3 is 0 Å². The van der Waals surface area contributed by atoms with E-state index in [1.807, 2.05) is 0 Å². The molecule has 0 aliphatic rings. The summed E-state index contributed by atoms with van der Waals surface area (Å²) in [5.74, 6) is -1.77. The maximum Gasteiger partial charge on any atom is 0.279 e. The number of ether oxygens (including phenoxy) is 1. The van der Waals surface area contributed by atoms with Gasteiger partial charge in [-0.25, -0.2) is 4.39 Å². The third kappa shape index (κ3) is 4.75. The van der Waals surface area contributed by atoms with Crippen LogP contribution in [0.5, 0.6) is 5.75 Å². The molecule has 1 aromatic carbocycles. The highest BCUT2D eigenvalue weighted by atomic mass is 79.9. The van der Waals surface area contributed by atoms with E-state index < -0.39 is 23.7 Å². The number of nitrogens with zero attached hydrogens (tertiary/aromatic N) is 1. The van der Waals surface area contributed by atoms with Crippen molar-refractivity contribution in [3.05, 3.63) is 58.6 Å². The Morgan fingerprint density at radius 2 is 2.00 bits per heavy atom. The Labute approximate surface area is 140 Å². The molecule has 2 N–H and O–H groups in total. The molecule has 0 bridgehead atoms. The predicted octanol–water partition coefficient (Wildman–Crippen LogP) is 2.21. The Morgan fingerprint density at radius 3 is 2.70 bits per heavy atom. The molecule has 0 saturated carbocycles. The van der Waals surface area contributed by atoms with Crippen molar-refractivity contribution in [2.24, 2.45) is 0 Å². The van der Waals surface area contributed by atoms with Crippen molar-refractivity contribution in [2.45, 2.75) is 13.0 Å². The first-order chi connectivity index (χ1) is 11.0. The molecule has 6 nitrogen and oxygen atoms in total. The highest BCUT2D eigenvalue weighted by molar-refractivity contribution is 9.10. The Morgan fingerprint density at radius 1 is 1.26 bits per heavy atom. The van der Waals surface area contributed by atoms with E-state index in [9.17, 15) is 14.0 Å². The zero-order chi connectivity index (χ0) is 16.8. The van der Waals surface area contributed by atoms with Gasteiger partial charge in [0.1, 0.15) is 0 Å². The normalized spacial score (nSPS) is 11.4. The first kappa shape index (κ1) is 16.9. The van der Waals surface area contributed by atoms with Gasteiger partial charge in [-0.05, 0) is 41.1 Å². The number of hydrazine groups is 1. The SMILES string of the molecule is C[C@@H](Oc1ccccc1F)C(=O)NNC(=O)c1cncc(Br)c1. The number of carbonyl (C=O) groups excluding carboxylic acids is 2. The maximum atomic E-state index is 13.4. The molecule has 23 heavy (non-hydrogen) atoms. The molecule has 1 heterocycles. The summed E-state index contributed by atoms with van der Waals surface area (Å²) in [6, 6.07) is 7.28. The third-order valence-corrected chi connectivity index (χ3v) is 3.21. The highest BCUT2D eigenvalue weighted by Gasteiger charge is 2.17. The van der Waals surface area contributed by atoms with Crippen LogP contribution in [0, 0.1) is 5.82 Å². The van der Waals surface area contributed by atoms with Gasteiger partial charge in [0.2, 0.25) is 0 Å². The van der Waals surface area contributed by atoms with E-state index in [1.54, 1.807) is 12.1 Å². The van der Waals surface area contributed by atoms with Crippen LogP contribution in [-0.2, 0) is 4.79 Å². The number of benzene rings is 1. The van der Waals surface area contributed by atoms with E-state index in [1.165, 1.54) is 37.5 Å². The molecular weight excluding hydrogens is 369 g/mol. The van der Waals surface area contributed by atoms with Crippen molar-refractivity contribution in [3.63, 3.8) is 0 Å². The van der Waals surface area contributed by atoms with Crippen molar-refractivity contribution in [3.8, 4) is 5.75 Å². The number of hydrogen-bond donors (Lipinski definition) is 2. The molecular formula is C15H13BrFN3O3. The zero-order valence-corrected chi connectivity index (χ0v) is 13.6. The topological polar surface area (TPSA) is 80.3 Å². The van der Waals surface area contributed by atoms with Gasteiger partial charge in [0, 0.05) is 16.9 Å². The average Bonchev–Trinajstić information content (AvgIpc) is 2.54. The van der Waals surface area contributed by atoms with Crippen LogP contribution in [0.2, 0.25) is 0 Å². The number of halogens is 2. The lowest BCUT2D eigenvalue weighted by Gasteiger charge is -2.15. The fraction of sp³-hybridized carbons (Fsp3) is 0.133. The van der Waals surface area contributed by atoms with Crippen molar-refractivity contribution >= 4 is 27.7 Å². The molecule has 0 aliphatic heterocycles. The summed E-state index contributed by atoms with van der Waals surface area (Å²) >= 11 is 3.19. The minimum absolute atomic E-state index is 0.0438. The van der Waals surface area contributed by atoms with Gasteiger partial charge in [-0.1, -0.05) is 12.1 Å². The van der Waals surface area contributed by atoms with Crippen LogP contribution in [0.4, 0.5) is 4.39 Å². The zero-order valence-electron chi connectivity index (χ0n) is 12.0. The number of para-hydroxylation sites is 1. The lowest BCUT2D eigenvalue weighted by Crippen LogP contribution is -2.47.